The lowest BCUT2D eigenvalue weighted by atomic mass is 10.1. The van der Waals surface area contributed by atoms with Crippen LogP contribution in [-0.4, -0.2) is 43.3 Å². The number of carboxylic acid groups (broad SMARTS) is 1. The number of carbonyl (C=O) groups is 1. The van der Waals surface area contributed by atoms with Gasteiger partial charge in [0.05, 0.1) is 12.5 Å². The molecule has 0 amide bonds. The molecular weight excluding hydrogens is 448 g/mol. The van der Waals surface area contributed by atoms with Crippen LogP contribution in [0.1, 0.15) is 42.1 Å². The topological polar surface area (TPSA) is 111 Å². The van der Waals surface area contributed by atoms with Gasteiger partial charge in [0.15, 0.2) is 0 Å². The van der Waals surface area contributed by atoms with E-state index in [2.05, 4.69) is 26.1 Å². The summed E-state index contributed by atoms with van der Waals surface area (Å²) in [5.74, 6) is -0.462. The Morgan fingerprint density at radius 2 is 2.09 bits per heavy atom. The van der Waals surface area contributed by atoms with Crippen molar-refractivity contribution in [1.29, 1.82) is 0 Å². The van der Waals surface area contributed by atoms with Crippen molar-refractivity contribution < 1.29 is 23.4 Å². The van der Waals surface area contributed by atoms with Crippen molar-refractivity contribution in [2.24, 2.45) is 0 Å². The van der Waals surface area contributed by atoms with E-state index in [0.717, 1.165) is 30.9 Å². The number of carboxylic acids is 1. The van der Waals surface area contributed by atoms with Gasteiger partial charge in [-0.25, -0.2) is 14.8 Å². The highest BCUT2D eigenvalue weighted by Gasteiger charge is 2.21. The number of rotatable bonds is 10. The molecule has 1 aliphatic rings. The maximum absolute atomic E-state index is 13.0. The Bertz CT molecular complexity index is 1190. The Labute approximate surface area is 194 Å². The van der Waals surface area contributed by atoms with Gasteiger partial charge in [0.1, 0.15) is 5.82 Å². The van der Waals surface area contributed by atoms with Crippen molar-refractivity contribution in [3.05, 3.63) is 70.2 Å². The van der Waals surface area contributed by atoms with E-state index in [9.17, 15) is 23.5 Å². The maximum atomic E-state index is 13.0. The lowest BCUT2D eigenvalue weighted by molar-refractivity contribution is -0.137. The Kier molecular flexibility index (Phi) is 7.19. The van der Waals surface area contributed by atoms with Crippen LogP contribution in [-0.2, 0) is 24.2 Å². The summed E-state index contributed by atoms with van der Waals surface area (Å²) in [5.41, 5.74) is 2.20. The molecule has 4 heterocycles. The predicted molar refractivity (Wildman–Crippen MR) is 119 cm³/mol. The first kappa shape index (κ1) is 23.4. The SMILES string of the molecule is O=C(O)CC(c1ccc(OC(F)F)nc1)n1ccn(CCCc2ccc3c(n2)NCCC3)c1=O. The van der Waals surface area contributed by atoms with Crippen molar-refractivity contribution in [2.75, 3.05) is 11.9 Å². The standard InChI is InChI=1S/C23H25F2N5O4/c24-22(25)34-19-8-6-16(14-27-19)18(13-20(31)32)30-12-11-29(23(30)33)10-2-4-17-7-5-15-3-1-9-26-21(15)28-17/h5-8,11-12,14,18,22H,1-4,9-10,13H2,(H,26,28)(H,31,32). The second-order valence-electron chi connectivity index (χ2n) is 8.05. The van der Waals surface area contributed by atoms with Crippen LogP contribution in [0.15, 0.2) is 47.7 Å². The molecule has 9 nitrogen and oxygen atoms in total. The molecular formula is C23H25F2N5O4. The monoisotopic (exact) mass is 473 g/mol. The number of alkyl halides is 2. The van der Waals surface area contributed by atoms with Gasteiger partial charge in [-0.3, -0.25) is 13.9 Å². The molecule has 0 radical (unpaired) electrons. The molecule has 3 aromatic heterocycles. The first-order valence-electron chi connectivity index (χ1n) is 11.0. The van der Waals surface area contributed by atoms with Gasteiger partial charge in [-0.1, -0.05) is 12.1 Å². The van der Waals surface area contributed by atoms with E-state index < -0.39 is 18.6 Å². The van der Waals surface area contributed by atoms with E-state index >= 15 is 0 Å². The van der Waals surface area contributed by atoms with Gasteiger partial charge in [-0.15, -0.1) is 0 Å². The zero-order valence-electron chi connectivity index (χ0n) is 18.4. The largest absolute Gasteiger partial charge is 0.481 e. The highest BCUT2D eigenvalue weighted by molar-refractivity contribution is 5.68. The van der Waals surface area contributed by atoms with Gasteiger partial charge >= 0.3 is 18.3 Å². The molecule has 1 aliphatic heterocycles. The Morgan fingerprint density at radius 1 is 1.24 bits per heavy atom. The summed E-state index contributed by atoms with van der Waals surface area (Å²) < 4.78 is 31.8. The first-order chi connectivity index (χ1) is 16.4. The van der Waals surface area contributed by atoms with Gasteiger partial charge in [0.2, 0.25) is 5.88 Å². The number of anilines is 1. The van der Waals surface area contributed by atoms with Crippen LogP contribution in [0.2, 0.25) is 0 Å². The number of aliphatic carboxylic acids is 1. The van der Waals surface area contributed by atoms with E-state index in [1.807, 2.05) is 6.07 Å². The summed E-state index contributed by atoms with van der Waals surface area (Å²) in [6, 6.07) is 5.91. The van der Waals surface area contributed by atoms with Gasteiger partial charge in [0, 0.05) is 43.4 Å². The molecule has 0 fully saturated rings. The molecule has 11 heteroatoms. The molecule has 4 rings (SSSR count). The molecule has 1 atom stereocenters. The van der Waals surface area contributed by atoms with Crippen LogP contribution < -0.4 is 15.7 Å². The van der Waals surface area contributed by atoms with E-state index in [1.165, 1.54) is 39.2 Å². The number of aromatic nitrogens is 4. The number of pyridine rings is 2. The van der Waals surface area contributed by atoms with Crippen molar-refractivity contribution >= 4 is 11.8 Å². The summed E-state index contributed by atoms with van der Waals surface area (Å²) >= 11 is 0. The lowest BCUT2D eigenvalue weighted by Crippen LogP contribution is -2.29. The number of nitrogens with zero attached hydrogens (tertiary/aromatic N) is 4. The van der Waals surface area contributed by atoms with Crippen molar-refractivity contribution in [2.45, 2.75) is 51.3 Å². The minimum absolute atomic E-state index is 0.288. The summed E-state index contributed by atoms with van der Waals surface area (Å²) in [7, 11) is 0. The van der Waals surface area contributed by atoms with E-state index in [4.69, 9.17) is 0 Å². The average molecular weight is 473 g/mol. The number of imidazole rings is 1. The predicted octanol–water partition coefficient (Wildman–Crippen LogP) is 3.10. The highest BCUT2D eigenvalue weighted by Crippen LogP contribution is 2.23. The number of ether oxygens (including phenoxy) is 1. The van der Waals surface area contributed by atoms with Crippen LogP contribution in [0.4, 0.5) is 14.6 Å². The van der Waals surface area contributed by atoms with Gasteiger partial charge in [0.25, 0.3) is 0 Å². The molecule has 0 spiro atoms. The molecule has 34 heavy (non-hydrogen) atoms. The summed E-state index contributed by atoms with van der Waals surface area (Å²) in [6.07, 6.45) is 7.51. The van der Waals surface area contributed by atoms with Crippen LogP contribution >= 0.6 is 0 Å². The molecule has 1 unspecified atom stereocenters. The minimum atomic E-state index is -3.02. The number of hydrogen-bond donors (Lipinski definition) is 2. The number of hydrogen-bond acceptors (Lipinski definition) is 6. The molecule has 0 saturated carbocycles. The normalized spacial score (nSPS) is 13.9. The zero-order valence-corrected chi connectivity index (χ0v) is 18.4. The lowest BCUT2D eigenvalue weighted by Gasteiger charge is -2.17. The third-order valence-corrected chi connectivity index (χ3v) is 5.72. The molecule has 2 N–H and O–H groups in total. The second-order valence-corrected chi connectivity index (χ2v) is 8.05. The fourth-order valence-corrected chi connectivity index (χ4v) is 4.07. The van der Waals surface area contributed by atoms with Crippen molar-refractivity contribution in [3.8, 4) is 5.88 Å². The zero-order chi connectivity index (χ0) is 24.1. The second kappa shape index (κ2) is 10.4. The van der Waals surface area contributed by atoms with Crippen LogP contribution in [0.5, 0.6) is 5.88 Å². The fourth-order valence-electron chi connectivity index (χ4n) is 4.07. The molecule has 180 valence electrons. The Morgan fingerprint density at radius 3 is 2.82 bits per heavy atom. The highest BCUT2D eigenvalue weighted by atomic mass is 19.3. The number of fused-ring (bicyclic) bond motifs is 1. The Hall–Kier alpha value is -3.76. The summed E-state index contributed by atoms with van der Waals surface area (Å²) in [6.45, 7) is -1.66. The maximum Gasteiger partial charge on any atom is 0.388 e. The number of aryl methyl sites for hydroxylation is 3. The first-order valence-corrected chi connectivity index (χ1v) is 11.0. The van der Waals surface area contributed by atoms with Gasteiger partial charge < -0.3 is 15.2 Å². The molecule has 0 bridgehead atoms. The molecule has 0 aromatic carbocycles. The summed E-state index contributed by atoms with van der Waals surface area (Å²) in [4.78, 5) is 32.9. The average Bonchev–Trinajstić information content (AvgIpc) is 3.17. The smallest absolute Gasteiger partial charge is 0.388 e. The minimum Gasteiger partial charge on any atom is -0.481 e. The third kappa shape index (κ3) is 5.59. The van der Waals surface area contributed by atoms with Crippen molar-refractivity contribution in [3.63, 3.8) is 0 Å². The van der Waals surface area contributed by atoms with Crippen LogP contribution in [0.3, 0.4) is 0 Å². The molecule has 0 saturated heterocycles. The molecule has 3 aromatic rings. The van der Waals surface area contributed by atoms with E-state index in [-0.39, 0.29) is 18.0 Å². The number of halogens is 2. The van der Waals surface area contributed by atoms with Gasteiger partial charge in [-0.2, -0.15) is 8.78 Å². The van der Waals surface area contributed by atoms with Crippen LogP contribution in [0, 0.1) is 0 Å². The van der Waals surface area contributed by atoms with E-state index in [0.29, 0.717) is 24.9 Å². The Balaban J connectivity index is 1.45. The fraction of sp³-hybridized carbons (Fsp3) is 0.391. The molecule has 0 aliphatic carbocycles. The van der Waals surface area contributed by atoms with Gasteiger partial charge in [-0.05, 0) is 42.9 Å². The number of nitrogens with one attached hydrogen (secondary N) is 1. The van der Waals surface area contributed by atoms with E-state index in [1.54, 1.807) is 6.20 Å². The third-order valence-electron chi connectivity index (χ3n) is 5.72. The summed E-state index contributed by atoms with van der Waals surface area (Å²) in [5, 5.41) is 12.7. The van der Waals surface area contributed by atoms with Crippen molar-refractivity contribution in [1.82, 2.24) is 19.1 Å². The quantitative estimate of drug-likeness (QED) is 0.465. The van der Waals surface area contributed by atoms with Crippen LogP contribution in [0.25, 0.3) is 0 Å².